The van der Waals surface area contributed by atoms with Crippen LogP contribution < -0.4 is 10.5 Å². The summed E-state index contributed by atoms with van der Waals surface area (Å²) in [6.45, 7) is 0. The summed E-state index contributed by atoms with van der Waals surface area (Å²) in [7, 11) is 0. The first-order valence-corrected chi connectivity index (χ1v) is 5.73. The van der Waals surface area contributed by atoms with Crippen molar-refractivity contribution in [3.05, 3.63) is 45.5 Å². The van der Waals surface area contributed by atoms with E-state index in [-0.39, 0.29) is 5.88 Å². The van der Waals surface area contributed by atoms with Gasteiger partial charge in [-0.15, -0.1) is 0 Å². The summed E-state index contributed by atoms with van der Waals surface area (Å²) >= 11 is 17.4. The van der Waals surface area contributed by atoms with E-state index in [0.717, 1.165) is 0 Å². The van der Waals surface area contributed by atoms with Gasteiger partial charge in [0.05, 0.1) is 20.8 Å². The largest absolute Gasteiger partial charge is 0.437 e. The number of aromatic nitrogens is 1. The Kier molecular flexibility index (Phi) is 3.62. The number of ether oxygens (including phenoxy) is 1. The van der Waals surface area contributed by atoms with Crippen LogP contribution in [0.3, 0.4) is 0 Å². The van der Waals surface area contributed by atoms with Crippen molar-refractivity contribution in [1.29, 1.82) is 0 Å². The molecule has 0 fully saturated rings. The van der Waals surface area contributed by atoms with E-state index in [4.69, 9.17) is 45.3 Å². The number of rotatable bonds is 2. The minimum Gasteiger partial charge on any atom is -0.437 e. The van der Waals surface area contributed by atoms with Gasteiger partial charge in [0.25, 0.3) is 0 Å². The molecule has 0 saturated carbocycles. The molecule has 0 unspecified atom stereocenters. The molecule has 17 heavy (non-hydrogen) atoms. The average molecular weight is 290 g/mol. The summed E-state index contributed by atoms with van der Waals surface area (Å²) in [5.41, 5.74) is 6.06. The van der Waals surface area contributed by atoms with Gasteiger partial charge in [-0.1, -0.05) is 34.8 Å². The van der Waals surface area contributed by atoms with Gasteiger partial charge in [0.2, 0.25) is 5.88 Å². The molecule has 0 bridgehead atoms. The maximum absolute atomic E-state index is 5.86. The summed E-state index contributed by atoms with van der Waals surface area (Å²) in [4.78, 5) is 3.97. The monoisotopic (exact) mass is 288 g/mol. The smallest absolute Gasteiger partial charge is 0.242 e. The highest BCUT2D eigenvalue weighted by Gasteiger charge is 2.06. The molecular weight excluding hydrogens is 282 g/mol. The number of nitrogen functional groups attached to an aromatic ring is 1. The molecule has 0 aliphatic carbocycles. The van der Waals surface area contributed by atoms with E-state index in [9.17, 15) is 0 Å². The Bertz CT molecular complexity index is 560. The van der Waals surface area contributed by atoms with Crippen LogP contribution in [0, 0.1) is 0 Å². The minimum absolute atomic E-state index is 0.271. The minimum atomic E-state index is 0.271. The molecule has 2 aromatic rings. The number of benzene rings is 1. The van der Waals surface area contributed by atoms with Gasteiger partial charge in [-0.05, 0) is 18.2 Å². The molecule has 1 aromatic heterocycles. The SMILES string of the molecule is Nc1cc(Cl)cnc1Oc1ccc(Cl)c(Cl)c1. The van der Waals surface area contributed by atoms with Crippen LogP contribution >= 0.6 is 34.8 Å². The Hall–Kier alpha value is -1.16. The third-order valence-corrected chi connectivity index (χ3v) is 2.90. The zero-order valence-corrected chi connectivity index (χ0v) is 10.7. The van der Waals surface area contributed by atoms with Gasteiger partial charge in [0, 0.05) is 12.3 Å². The third kappa shape index (κ3) is 2.94. The van der Waals surface area contributed by atoms with Gasteiger partial charge in [0.15, 0.2) is 0 Å². The summed E-state index contributed by atoms with van der Waals surface area (Å²) < 4.78 is 5.46. The zero-order valence-electron chi connectivity index (χ0n) is 8.45. The van der Waals surface area contributed by atoms with Gasteiger partial charge in [0.1, 0.15) is 5.75 Å². The van der Waals surface area contributed by atoms with E-state index in [1.807, 2.05) is 0 Å². The van der Waals surface area contributed by atoms with Crippen molar-refractivity contribution < 1.29 is 4.74 Å². The molecule has 0 aliphatic heterocycles. The van der Waals surface area contributed by atoms with Crippen LogP contribution in [0.25, 0.3) is 0 Å². The quantitative estimate of drug-likeness (QED) is 0.890. The molecule has 6 heteroatoms. The lowest BCUT2D eigenvalue weighted by molar-refractivity contribution is 0.465. The fraction of sp³-hybridized carbons (Fsp3) is 0. The van der Waals surface area contributed by atoms with E-state index in [1.54, 1.807) is 24.3 Å². The number of hydrogen-bond acceptors (Lipinski definition) is 3. The fourth-order valence-electron chi connectivity index (χ4n) is 1.18. The molecule has 1 aromatic carbocycles. The molecule has 0 saturated heterocycles. The van der Waals surface area contributed by atoms with Crippen LogP contribution in [-0.4, -0.2) is 4.98 Å². The van der Waals surface area contributed by atoms with E-state index >= 15 is 0 Å². The van der Waals surface area contributed by atoms with Gasteiger partial charge < -0.3 is 10.5 Å². The number of nitrogens with zero attached hydrogens (tertiary/aromatic N) is 1. The molecule has 0 spiro atoms. The van der Waals surface area contributed by atoms with Crippen LogP contribution in [0.5, 0.6) is 11.6 Å². The maximum Gasteiger partial charge on any atom is 0.242 e. The molecular formula is C11H7Cl3N2O. The Morgan fingerprint density at radius 2 is 1.82 bits per heavy atom. The van der Waals surface area contributed by atoms with Crippen molar-refractivity contribution in [3.63, 3.8) is 0 Å². The second-order valence-electron chi connectivity index (χ2n) is 3.23. The predicted molar refractivity (Wildman–Crippen MR) is 70.2 cm³/mol. The third-order valence-electron chi connectivity index (χ3n) is 1.95. The number of halogens is 3. The van der Waals surface area contributed by atoms with Crippen molar-refractivity contribution >= 4 is 40.5 Å². The number of pyridine rings is 1. The molecule has 2 rings (SSSR count). The fourth-order valence-corrected chi connectivity index (χ4v) is 1.63. The number of anilines is 1. The Morgan fingerprint density at radius 1 is 1.06 bits per heavy atom. The van der Waals surface area contributed by atoms with Gasteiger partial charge >= 0.3 is 0 Å². The van der Waals surface area contributed by atoms with E-state index in [2.05, 4.69) is 4.98 Å². The molecule has 0 atom stereocenters. The summed E-state index contributed by atoms with van der Waals surface area (Å²) in [5, 5.41) is 1.30. The van der Waals surface area contributed by atoms with Crippen molar-refractivity contribution in [2.45, 2.75) is 0 Å². The molecule has 0 aliphatic rings. The molecule has 88 valence electrons. The van der Waals surface area contributed by atoms with Crippen molar-refractivity contribution in [3.8, 4) is 11.6 Å². The Labute approximate surface area is 113 Å². The standard InChI is InChI=1S/C11H7Cl3N2O/c12-6-3-10(15)11(16-5-6)17-7-1-2-8(13)9(14)4-7/h1-5H,15H2. The lowest BCUT2D eigenvalue weighted by Crippen LogP contribution is -1.94. The van der Waals surface area contributed by atoms with Gasteiger partial charge in [-0.25, -0.2) is 4.98 Å². The first kappa shape index (κ1) is 12.3. The van der Waals surface area contributed by atoms with Gasteiger partial charge in [-0.3, -0.25) is 0 Å². The molecule has 0 amide bonds. The molecule has 0 radical (unpaired) electrons. The first-order chi connectivity index (χ1) is 8.06. The number of hydrogen-bond donors (Lipinski definition) is 1. The molecule has 3 nitrogen and oxygen atoms in total. The van der Waals surface area contributed by atoms with Crippen LogP contribution in [0.15, 0.2) is 30.5 Å². The van der Waals surface area contributed by atoms with Gasteiger partial charge in [-0.2, -0.15) is 0 Å². The Morgan fingerprint density at radius 3 is 2.47 bits per heavy atom. The van der Waals surface area contributed by atoms with Crippen LogP contribution in [0.2, 0.25) is 15.1 Å². The lowest BCUT2D eigenvalue weighted by Gasteiger charge is -2.07. The second-order valence-corrected chi connectivity index (χ2v) is 4.48. The molecule has 2 N–H and O–H groups in total. The predicted octanol–water partition coefficient (Wildman–Crippen LogP) is 4.42. The first-order valence-electron chi connectivity index (χ1n) is 4.60. The zero-order chi connectivity index (χ0) is 12.4. The summed E-state index contributed by atoms with van der Waals surface area (Å²) in [6.07, 6.45) is 1.45. The van der Waals surface area contributed by atoms with E-state index in [0.29, 0.717) is 26.5 Å². The highest BCUT2D eigenvalue weighted by atomic mass is 35.5. The summed E-state index contributed by atoms with van der Waals surface area (Å²) in [6, 6.07) is 6.44. The van der Waals surface area contributed by atoms with E-state index < -0.39 is 0 Å². The highest BCUT2D eigenvalue weighted by Crippen LogP contribution is 2.31. The normalized spacial score (nSPS) is 10.3. The van der Waals surface area contributed by atoms with E-state index in [1.165, 1.54) is 6.20 Å². The summed E-state index contributed by atoms with van der Waals surface area (Å²) in [5.74, 6) is 0.772. The van der Waals surface area contributed by atoms with Crippen LogP contribution in [0.1, 0.15) is 0 Å². The lowest BCUT2D eigenvalue weighted by atomic mass is 10.3. The van der Waals surface area contributed by atoms with Crippen molar-refractivity contribution in [2.24, 2.45) is 0 Å². The van der Waals surface area contributed by atoms with Crippen LogP contribution in [0.4, 0.5) is 5.69 Å². The topological polar surface area (TPSA) is 48.1 Å². The van der Waals surface area contributed by atoms with Crippen molar-refractivity contribution in [1.82, 2.24) is 4.98 Å². The average Bonchev–Trinajstić information content (AvgIpc) is 2.27. The number of nitrogens with two attached hydrogens (primary N) is 1. The molecule has 1 heterocycles. The second kappa shape index (κ2) is 5.00. The maximum atomic E-state index is 5.86. The van der Waals surface area contributed by atoms with Crippen LogP contribution in [-0.2, 0) is 0 Å². The van der Waals surface area contributed by atoms with Crippen molar-refractivity contribution in [2.75, 3.05) is 5.73 Å². The Balaban J connectivity index is 2.28. The highest BCUT2D eigenvalue weighted by molar-refractivity contribution is 6.42.